The molecule has 2 aliphatic heterocycles. The largest absolute Gasteiger partial charge is 0.493 e. The molecule has 1 aromatic heterocycles. The number of amides is 1. The fourth-order valence-corrected chi connectivity index (χ4v) is 4.96. The topological polar surface area (TPSA) is 72.5 Å². The van der Waals surface area contributed by atoms with Crippen LogP contribution in [0.4, 0.5) is 10.1 Å². The van der Waals surface area contributed by atoms with E-state index in [0.29, 0.717) is 30.3 Å². The van der Waals surface area contributed by atoms with Crippen molar-refractivity contribution in [1.82, 2.24) is 10.3 Å². The SMILES string of the molecule is Cc1ccc2c(OCCC(c3ccc4c(c3F)NC(=O)CO4)C3CCNCC3)cccc2n1. The number of hydrogen-bond donors (Lipinski definition) is 2. The van der Waals surface area contributed by atoms with Crippen molar-refractivity contribution in [2.24, 2.45) is 5.92 Å². The van der Waals surface area contributed by atoms with Crippen LogP contribution in [0.5, 0.6) is 11.5 Å². The van der Waals surface area contributed by atoms with Crippen LogP contribution in [0.3, 0.4) is 0 Å². The second-order valence-corrected chi connectivity index (χ2v) is 8.79. The Kier molecular flexibility index (Phi) is 6.13. The maximum atomic E-state index is 15.6. The summed E-state index contributed by atoms with van der Waals surface area (Å²) in [5.41, 5.74) is 2.63. The minimum atomic E-state index is -0.395. The van der Waals surface area contributed by atoms with E-state index in [2.05, 4.69) is 15.6 Å². The lowest BCUT2D eigenvalue weighted by molar-refractivity contribution is -0.118. The van der Waals surface area contributed by atoms with Gasteiger partial charge in [0.05, 0.1) is 12.1 Å². The van der Waals surface area contributed by atoms with Crippen molar-refractivity contribution in [2.45, 2.75) is 32.1 Å². The monoisotopic (exact) mass is 449 g/mol. The number of carbonyl (C=O) groups excluding carboxylic acids is 1. The van der Waals surface area contributed by atoms with Crippen molar-refractivity contribution >= 4 is 22.5 Å². The summed E-state index contributed by atoms with van der Waals surface area (Å²) in [7, 11) is 0. The molecule has 0 bridgehead atoms. The average Bonchev–Trinajstić information content (AvgIpc) is 2.83. The fourth-order valence-electron chi connectivity index (χ4n) is 4.96. The van der Waals surface area contributed by atoms with E-state index in [1.165, 1.54) is 0 Å². The predicted octanol–water partition coefficient (Wildman–Crippen LogP) is 4.57. The van der Waals surface area contributed by atoms with Crippen LogP contribution in [-0.4, -0.2) is 37.2 Å². The molecule has 2 aromatic carbocycles. The van der Waals surface area contributed by atoms with Crippen LogP contribution in [0, 0.1) is 18.7 Å². The van der Waals surface area contributed by atoms with Crippen LogP contribution in [0.1, 0.15) is 36.4 Å². The molecule has 0 spiro atoms. The number of anilines is 1. The van der Waals surface area contributed by atoms with Gasteiger partial charge in [0.1, 0.15) is 17.2 Å². The Bertz CT molecular complexity index is 1180. The molecule has 0 saturated carbocycles. The first-order valence-electron chi connectivity index (χ1n) is 11.5. The van der Waals surface area contributed by atoms with E-state index in [4.69, 9.17) is 9.47 Å². The molecule has 1 amide bonds. The number of fused-ring (bicyclic) bond motifs is 2. The number of aryl methyl sites for hydroxylation is 1. The van der Waals surface area contributed by atoms with Gasteiger partial charge in [-0.1, -0.05) is 12.1 Å². The number of pyridine rings is 1. The molecule has 0 radical (unpaired) electrons. The smallest absolute Gasteiger partial charge is 0.262 e. The van der Waals surface area contributed by atoms with Gasteiger partial charge in [0.25, 0.3) is 5.91 Å². The van der Waals surface area contributed by atoms with E-state index in [9.17, 15) is 4.79 Å². The summed E-state index contributed by atoms with van der Waals surface area (Å²) >= 11 is 0. The third-order valence-corrected chi connectivity index (χ3v) is 6.63. The van der Waals surface area contributed by atoms with Gasteiger partial charge in [0, 0.05) is 11.1 Å². The summed E-state index contributed by atoms with van der Waals surface area (Å²) in [6.45, 7) is 4.18. The van der Waals surface area contributed by atoms with E-state index in [1.54, 1.807) is 6.07 Å². The highest BCUT2D eigenvalue weighted by molar-refractivity contribution is 5.95. The van der Waals surface area contributed by atoms with Crippen LogP contribution >= 0.6 is 0 Å². The number of benzene rings is 2. The van der Waals surface area contributed by atoms with Gasteiger partial charge in [0.15, 0.2) is 12.4 Å². The fraction of sp³-hybridized carbons (Fsp3) is 0.385. The maximum absolute atomic E-state index is 15.6. The van der Waals surface area contributed by atoms with E-state index >= 15 is 4.39 Å². The summed E-state index contributed by atoms with van der Waals surface area (Å²) in [5.74, 6) is 0.755. The molecule has 0 aliphatic carbocycles. The third kappa shape index (κ3) is 4.50. The van der Waals surface area contributed by atoms with Crippen molar-refractivity contribution in [1.29, 1.82) is 0 Å². The van der Waals surface area contributed by atoms with E-state index in [1.807, 2.05) is 43.3 Å². The standard InChI is InChI=1S/C26H28FN3O3/c1-16-5-6-20-21(29-16)3-2-4-22(20)32-14-11-18(17-9-12-28-13-10-17)19-7-8-23-26(25(19)27)30-24(31)15-33-23/h2-8,17-18,28H,9-15H2,1H3,(H,30,31). The van der Waals surface area contributed by atoms with E-state index in [0.717, 1.165) is 48.3 Å². The van der Waals surface area contributed by atoms with Crippen molar-refractivity contribution in [3.05, 3.63) is 59.5 Å². The number of piperidine rings is 1. The van der Waals surface area contributed by atoms with Crippen LogP contribution in [0.25, 0.3) is 10.9 Å². The molecular formula is C26H28FN3O3. The lowest BCUT2D eigenvalue weighted by Crippen LogP contribution is -2.32. The molecule has 5 rings (SSSR count). The molecule has 2 N–H and O–H groups in total. The third-order valence-electron chi connectivity index (χ3n) is 6.63. The number of hydrogen-bond acceptors (Lipinski definition) is 5. The van der Waals surface area contributed by atoms with Gasteiger partial charge in [-0.25, -0.2) is 4.39 Å². The molecule has 1 saturated heterocycles. The second kappa shape index (κ2) is 9.35. The van der Waals surface area contributed by atoms with Gasteiger partial charge in [-0.15, -0.1) is 0 Å². The van der Waals surface area contributed by atoms with Gasteiger partial charge in [-0.3, -0.25) is 9.78 Å². The first-order valence-corrected chi connectivity index (χ1v) is 11.5. The van der Waals surface area contributed by atoms with Gasteiger partial charge < -0.3 is 20.1 Å². The quantitative estimate of drug-likeness (QED) is 0.577. The van der Waals surface area contributed by atoms with Crippen molar-refractivity contribution in [3.63, 3.8) is 0 Å². The molecule has 1 atom stereocenters. The number of carbonyl (C=O) groups is 1. The molecule has 3 heterocycles. The first kappa shape index (κ1) is 21.6. The highest BCUT2D eigenvalue weighted by Gasteiger charge is 2.30. The number of nitrogens with zero attached hydrogens (tertiary/aromatic N) is 1. The molecular weight excluding hydrogens is 421 g/mol. The Balaban J connectivity index is 1.39. The Labute approximate surface area is 192 Å². The number of rotatable bonds is 6. The molecule has 6 nitrogen and oxygen atoms in total. The molecule has 172 valence electrons. The van der Waals surface area contributed by atoms with Crippen LogP contribution in [-0.2, 0) is 4.79 Å². The first-order chi connectivity index (χ1) is 16.1. The second-order valence-electron chi connectivity index (χ2n) is 8.79. The molecule has 7 heteroatoms. The number of halogens is 1. The summed E-state index contributed by atoms with van der Waals surface area (Å²) in [6, 6.07) is 13.5. The molecule has 33 heavy (non-hydrogen) atoms. The van der Waals surface area contributed by atoms with Crippen molar-refractivity contribution < 1.29 is 18.7 Å². The number of nitrogens with one attached hydrogen (secondary N) is 2. The number of ether oxygens (including phenoxy) is 2. The summed E-state index contributed by atoms with van der Waals surface area (Å²) in [4.78, 5) is 16.4. The average molecular weight is 450 g/mol. The van der Waals surface area contributed by atoms with Crippen LogP contribution in [0.15, 0.2) is 42.5 Å². The molecule has 1 unspecified atom stereocenters. The minimum absolute atomic E-state index is 0.0217. The van der Waals surface area contributed by atoms with Gasteiger partial charge >= 0.3 is 0 Å². The minimum Gasteiger partial charge on any atom is -0.493 e. The van der Waals surface area contributed by atoms with Crippen molar-refractivity contribution in [3.8, 4) is 11.5 Å². The summed E-state index contributed by atoms with van der Waals surface area (Å²) < 4.78 is 27.2. The van der Waals surface area contributed by atoms with Crippen molar-refractivity contribution in [2.75, 3.05) is 31.6 Å². The lowest BCUT2D eigenvalue weighted by atomic mass is 9.78. The zero-order valence-corrected chi connectivity index (χ0v) is 18.7. The highest BCUT2D eigenvalue weighted by Crippen LogP contribution is 2.41. The van der Waals surface area contributed by atoms with Gasteiger partial charge in [-0.05, 0) is 87.0 Å². The molecule has 1 fully saturated rings. The van der Waals surface area contributed by atoms with Gasteiger partial charge in [0.2, 0.25) is 0 Å². The molecule has 3 aromatic rings. The summed E-state index contributed by atoms with van der Waals surface area (Å²) in [5, 5.41) is 7.01. The zero-order chi connectivity index (χ0) is 22.8. The maximum Gasteiger partial charge on any atom is 0.262 e. The number of aromatic nitrogens is 1. The molecule has 2 aliphatic rings. The predicted molar refractivity (Wildman–Crippen MR) is 125 cm³/mol. The van der Waals surface area contributed by atoms with Crippen LogP contribution < -0.4 is 20.1 Å². The Hall–Kier alpha value is -3.19. The zero-order valence-electron chi connectivity index (χ0n) is 18.7. The normalized spacial score (nSPS) is 17.2. The Morgan fingerprint density at radius 1 is 1.18 bits per heavy atom. The lowest BCUT2D eigenvalue weighted by Gasteiger charge is -2.32. The Morgan fingerprint density at radius 2 is 2.03 bits per heavy atom. The Morgan fingerprint density at radius 3 is 2.88 bits per heavy atom. The summed E-state index contributed by atoms with van der Waals surface area (Å²) in [6.07, 6.45) is 2.62. The van der Waals surface area contributed by atoms with E-state index < -0.39 is 5.82 Å². The highest BCUT2D eigenvalue weighted by atomic mass is 19.1. The van der Waals surface area contributed by atoms with E-state index in [-0.39, 0.29) is 24.1 Å². The van der Waals surface area contributed by atoms with Gasteiger partial charge in [-0.2, -0.15) is 0 Å². The van der Waals surface area contributed by atoms with Crippen LogP contribution in [0.2, 0.25) is 0 Å².